The van der Waals surface area contributed by atoms with E-state index in [0.29, 0.717) is 41.0 Å². The van der Waals surface area contributed by atoms with Crippen LogP contribution in [0.2, 0.25) is 5.02 Å². The Morgan fingerprint density at radius 3 is 2.59 bits per heavy atom. The molecular weight excluding hydrogens is 309 g/mol. The molecule has 3 rings (SSSR count). The maximum Gasteiger partial charge on any atom is 0.228 e. The Morgan fingerprint density at radius 1 is 1.18 bits per heavy atom. The molecule has 0 saturated carbocycles. The van der Waals surface area contributed by atoms with Gasteiger partial charge in [0.25, 0.3) is 0 Å². The van der Waals surface area contributed by atoms with Crippen molar-refractivity contribution in [3.05, 3.63) is 52.8 Å². The summed E-state index contributed by atoms with van der Waals surface area (Å²) in [5, 5.41) is 3.00. The summed E-state index contributed by atoms with van der Waals surface area (Å²) < 4.78 is 24.4. The fourth-order valence-corrected chi connectivity index (χ4v) is 2.37. The molecule has 1 N–H and O–H groups in total. The van der Waals surface area contributed by atoms with Gasteiger partial charge in [-0.05, 0) is 11.6 Å². The largest absolute Gasteiger partial charge is 0.486 e. The van der Waals surface area contributed by atoms with Crippen molar-refractivity contribution in [3.8, 4) is 11.5 Å². The van der Waals surface area contributed by atoms with Crippen molar-refractivity contribution < 1.29 is 18.7 Å². The highest BCUT2D eigenvalue weighted by Crippen LogP contribution is 2.37. The Morgan fingerprint density at radius 2 is 1.86 bits per heavy atom. The molecule has 0 aliphatic carbocycles. The molecule has 4 nitrogen and oxygen atoms in total. The summed E-state index contributed by atoms with van der Waals surface area (Å²) in [6, 6.07) is 9.35. The Bertz CT molecular complexity index is 721. The van der Waals surface area contributed by atoms with Gasteiger partial charge in [0.15, 0.2) is 11.5 Å². The summed E-state index contributed by atoms with van der Waals surface area (Å²) in [5.41, 5.74) is 0.737. The van der Waals surface area contributed by atoms with E-state index >= 15 is 0 Å². The zero-order valence-electron chi connectivity index (χ0n) is 11.6. The first-order chi connectivity index (χ1) is 10.6. The SMILES string of the molecule is O=C(Cc1ccccc1F)Nc1cc2c(cc1Cl)OCCO2. The number of halogens is 2. The average Bonchev–Trinajstić information content (AvgIpc) is 2.50. The first kappa shape index (κ1) is 14.7. The molecule has 1 aliphatic rings. The normalized spacial score (nSPS) is 12.8. The van der Waals surface area contributed by atoms with Crippen LogP contribution in [-0.4, -0.2) is 19.1 Å². The number of carbonyl (C=O) groups is 1. The fourth-order valence-electron chi connectivity index (χ4n) is 2.17. The highest BCUT2D eigenvalue weighted by atomic mass is 35.5. The van der Waals surface area contributed by atoms with Gasteiger partial charge in [0.2, 0.25) is 5.91 Å². The third-order valence-corrected chi connectivity index (χ3v) is 3.53. The van der Waals surface area contributed by atoms with E-state index < -0.39 is 5.82 Å². The van der Waals surface area contributed by atoms with E-state index in [1.165, 1.54) is 6.07 Å². The van der Waals surface area contributed by atoms with Crippen LogP contribution >= 0.6 is 11.6 Å². The van der Waals surface area contributed by atoms with Crippen LogP contribution in [0.3, 0.4) is 0 Å². The van der Waals surface area contributed by atoms with Gasteiger partial charge in [-0.25, -0.2) is 4.39 Å². The summed E-state index contributed by atoms with van der Waals surface area (Å²) >= 11 is 6.12. The molecule has 1 heterocycles. The fraction of sp³-hybridized carbons (Fsp3) is 0.188. The Kier molecular flexibility index (Phi) is 4.15. The van der Waals surface area contributed by atoms with Crippen molar-refractivity contribution in [2.45, 2.75) is 6.42 Å². The van der Waals surface area contributed by atoms with Crippen molar-refractivity contribution in [1.82, 2.24) is 0 Å². The molecular formula is C16H13ClFNO3. The van der Waals surface area contributed by atoms with Gasteiger partial charge in [-0.2, -0.15) is 0 Å². The number of anilines is 1. The van der Waals surface area contributed by atoms with Crippen LogP contribution in [0.25, 0.3) is 0 Å². The summed E-state index contributed by atoms with van der Waals surface area (Å²) in [6.07, 6.45) is -0.0720. The van der Waals surface area contributed by atoms with Crippen LogP contribution < -0.4 is 14.8 Å². The van der Waals surface area contributed by atoms with Crippen LogP contribution in [-0.2, 0) is 11.2 Å². The molecule has 0 spiro atoms. The lowest BCUT2D eigenvalue weighted by molar-refractivity contribution is -0.115. The van der Waals surface area contributed by atoms with Gasteiger partial charge < -0.3 is 14.8 Å². The number of hydrogen-bond acceptors (Lipinski definition) is 3. The molecule has 0 saturated heterocycles. The number of benzene rings is 2. The van der Waals surface area contributed by atoms with E-state index in [2.05, 4.69) is 5.32 Å². The molecule has 0 fully saturated rings. The molecule has 22 heavy (non-hydrogen) atoms. The van der Waals surface area contributed by atoms with Crippen LogP contribution in [0, 0.1) is 5.82 Å². The third kappa shape index (κ3) is 3.14. The van der Waals surface area contributed by atoms with Gasteiger partial charge in [-0.15, -0.1) is 0 Å². The number of ether oxygens (including phenoxy) is 2. The summed E-state index contributed by atoms with van der Waals surface area (Å²) in [7, 11) is 0. The lowest BCUT2D eigenvalue weighted by Gasteiger charge is -2.20. The van der Waals surface area contributed by atoms with Crippen molar-refractivity contribution >= 4 is 23.2 Å². The van der Waals surface area contributed by atoms with E-state index in [1.54, 1.807) is 30.3 Å². The van der Waals surface area contributed by atoms with E-state index in [1.807, 2.05) is 0 Å². The van der Waals surface area contributed by atoms with Crippen molar-refractivity contribution in [1.29, 1.82) is 0 Å². The molecule has 0 unspecified atom stereocenters. The second-order valence-electron chi connectivity index (χ2n) is 4.79. The lowest BCUT2D eigenvalue weighted by atomic mass is 10.1. The lowest BCUT2D eigenvalue weighted by Crippen LogP contribution is -2.18. The van der Waals surface area contributed by atoms with Crippen molar-refractivity contribution in [2.75, 3.05) is 18.5 Å². The first-order valence-electron chi connectivity index (χ1n) is 6.76. The van der Waals surface area contributed by atoms with Gasteiger partial charge in [0, 0.05) is 12.1 Å². The van der Waals surface area contributed by atoms with E-state index in [0.717, 1.165) is 0 Å². The number of hydrogen-bond donors (Lipinski definition) is 1. The average molecular weight is 322 g/mol. The van der Waals surface area contributed by atoms with E-state index in [-0.39, 0.29) is 12.3 Å². The minimum absolute atomic E-state index is 0.0720. The van der Waals surface area contributed by atoms with Crippen LogP contribution in [0.15, 0.2) is 36.4 Å². The topological polar surface area (TPSA) is 47.6 Å². The smallest absolute Gasteiger partial charge is 0.228 e. The molecule has 6 heteroatoms. The molecule has 2 aromatic carbocycles. The van der Waals surface area contributed by atoms with Gasteiger partial charge in [0.05, 0.1) is 17.1 Å². The predicted octanol–water partition coefficient (Wildman–Crippen LogP) is 3.43. The van der Waals surface area contributed by atoms with Gasteiger partial charge in [0.1, 0.15) is 19.0 Å². The third-order valence-electron chi connectivity index (χ3n) is 3.21. The second kappa shape index (κ2) is 6.23. The minimum Gasteiger partial charge on any atom is -0.486 e. The molecule has 0 radical (unpaired) electrons. The van der Waals surface area contributed by atoms with Crippen molar-refractivity contribution in [3.63, 3.8) is 0 Å². The van der Waals surface area contributed by atoms with Gasteiger partial charge in [-0.1, -0.05) is 29.8 Å². The standard InChI is InChI=1S/C16H13ClFNO3/c17-11-8-14-15(22-6-5-21-14)9-13(11)19-16(20)7-10-3-1-2-4-12(10)18/h1-4,8-9H,5-7H2,(H,19,20). The predicted molar refractivity (Wildman–Crippen MR) is 81.2 cm³/mol. The van der Waals surface area contributed by atoms with Crippen LogP contribution in [0.5, 0.6) is 11.5 Å². The molecule has 1 amide bonds. The molecule has 0 aromatic heterocycles. The van der Waals surface area contributed by atoms with E-state index in [9.17, 15) is 9.18 Å². The number of carbonyl (C=O) groups excluding carboxylic acids is 1. The monoisotopic (exact) mass is 321 g/mol. The molecule has 1 aliphatic heterocycles. The number of amides is 1. The Labute approximate surface area is 131 Å². The Hall–Kier alpha value is -2.27. The van der Waals surface area contributed by atoms with Crippen LogP contribution in [0.4, 0.5) is 10.1 Å². The maximum atomic E-state index is 13.6. The quantitative estimate of drug-likeness (QED) is 0.942. The summed E-state index contributed by atoms with van der Waals surface area (Å²) in [5.74, 6) is 0.301. The molecule has 0 bridgehead atoms. The van der Waals surface area contributed by atoms with Crippen molar-refractivity contribution in [2.24, 2.45) is 0 Å². The molecule has 114 valence electrons. The summed E-state index contributed by atoms with van der Waals surface area (Å²) in [6.45, 7) is 0.902. The summed E-state index contributed by atoms with van der Waals surface area (Å²) in [4.78, 5) is 12.0. The van der Waals surface area contributed by atoms with E-state index in [4.69, 9.17) is 21.1 Å². The van der Waals surface area contributed by atoms with Crippen LogP contribution in [0.1, 0.15) is 5.56 Å². The zero-order valence-corrected chi connectivity index (χ0v) is 12.3. The minimum atomic E-state index is -0.411. The first-order valence-corrected chi connectivity index (χ1v) is 7.13. The highest BCUT2D eigenvalue weighted by Gasteiger charge is 2.17. The second-order valence-corrected chi connectivity index (χ2v) is 5.20. The number of rotatable bonds is 3. The maximum absolute atomic E-state index is 13.6. The molecule has 2 aromatic rings. The molecule has 0 atom stereocenters. The zero-order chi connectivity index (χ0) is 15.5. The highest BCUT2D eigenvalue weighted by molar-refractivity contribution is 6.34. The number of nitrogens with one attached hydrogen (secondary N) is 1. The number of fused-ring (bicyclic) bond motifs is 1. The Balaban J connectivity index is 1.75. The van der Waals surface area contributed by atoms with Gasteiger partial charge in [-0.3, -0.25) is 4.79 Å². The van der Waals surface area contributed by atoms with Gasteiger partial charge >= 0.3 is 0 Å².